The van der Waals surface area contributed by atoms with Crippen LogP contribution >= 0.6 is 0 Å². The maximum atomic E-state index is 12.9. The third-order valence-corrected chi connectivity index (χ3v) is 5.94. The number of piperazine rings is 1. The largest absolute Gasteiger partial charge is 0.391 e. The molecule has 0 bridgehead atoms. The molecule has 1 saturated carbocycles. The average Bonchev–Trinajstić information content (AvgIpc) is 3.04. The molecule has 1 saturated heterocycles. The minimum Gasteiger partial charge on any atom is -0.391 e. The first kappa shape index (κ1) is 20.8. The van der Waals surface area contributed by atoms with Crippen LogP contribution in [0.25, 0.3) is 0 Å². The minimum absolute atomic E-state index is 0.138. The van der Waals surface area contributed by atoms with Crippen molar-refractivity contribution < 1.29 is 14.7 Å². The van der Waals surface area contributed by atoms with Gasteiger partial charge in [0, 0.05) is 44.8 Å². The van der Waals surface area contributed by atoms with Gasteiger partial charge in [-0.3, -0.25) is 14.3 Å². The van der Waals surface area contributed by atoms with Crippen LogP contribution in [0.3, 0.4) is 0 Å². The highest BCUT2D eigenvalue weighted by molar-refractivity contribution is 5.95. The summed E-state index contributed by atoms with van der Waals surface area (Å²) < 4.78 is 1.78. The summed E-state index contributed by atoms with van der Waals surface area (Å²) in [4.78, 5) is 29.8. The number of nitrogens with one attached hydrogen (secondary N) is 1. The number of carbonyl (C=O) groups is 2. The van der Waals surface area contributed by atoms with Crippen LogP contribution in [-0.4, -0.2) is 81.9 Å². The minimum atomic E-state index is -0.619. The molecule has 2 fully saturated rings. The third kappa shape index (κ3) is 4.72. The molecule has 2 aliphatic rings. The van der Waals surface area contributed by atoms with Crippen LogP contribution in [0.2, 0.25) is 0 Å². The Bertz CT molecular complexity index is 696. The summed E-state index contributed by atoms with van der Waals surface area (Å²) in [5, 5.41) is 17.7. The summed E-state index contributed by atoms with van der Waals surface area (Å²) in [6, 6.07) is -0.406. The van der Waals surface area contributed by atoms with E-state index in [2.05, 4.69) is 29.3 Å². The van der Waals surface area contributed by atoms with Crippen LogP contribution in [0.5, 0.6) is 0 Å². The highest BCUT2D eigenvalue weighted by Gasteiger charge is 2.36. The fourth-order valence-electron chi connectivity index (χ4n) is 4.15. The summed E-state index contributed by atoms with van der Waals surface area (Å²) >= 11 is 0. The van der Waals surface area contributed by atoms with Gasteiger partial charge >= 0.3 is 0 Å². The lowest BCUT2D eigenvalue weighted by Gasteiger charge is -2.38. The molecule has 0 spiro atoms. The number of likely N-dealkylation sites (N-methyl/N-ethyl adjacent to an activating group) is 1. The van der Waals surface area contributed by atoms with E-state index in [1.165, 1.54) is 0 Å². The van der Waals surface area contributed by atoms with Gasteiger partial charge in [0.1, 0.15) is 0 Å². The van der Waals surface area contributed by atoms with Crippen LogP contribution < -0.4 is 5.32 Å². The Balaban J connectivity index is 1.61. The SMILES string of the molecule is CCCn1cc(C(=O)N[C@@H]2C[C@@H](C(=O)N3CCN(C)CC3)CC[C@H]2O)c(C)n1. The van der Waals surface area contributed by atoms with Gasteiger partial charge < -0.3 is 20.2 Å². The van der Waals surface area contributed by atoms with Gasteiger partial charge in [-0.2, -0.15) is 5.10 Å². The monoisotopic (exact) mass is 391 g/mol. The quantitative estimate of drug-likeness (QED) is 0.769. The highest BCUT2D eigenvalue weighted by Crippen LogP contribution is 2.27. The van der Waals surface area contributed by atoms with Gasteiger partial charge in [0.2, 0.25) is 5.91 Å². The maximum Gasteiger partial charge on any atom is 0.255 e. The van der Waals surface area contributed by atoms with Crippen molar-refractivity contribution in [3.8, 4) is 0 Å². The van der Waals surface area contributed by atoms with E-state index in [1.807, 2.05) is 11.8 Å². The molecular formula is C20H33N5O3. The Morgan fingerprint density at radius 2 is 1.96 bits per heavy atom. The van der Waals surface area contributed by atoms with E-state index in [-0.39, 0.29) is 17.7 Å². The topological polar surface area (TPSA) is 90.7 Å². The number of amides is 2. The first-order valence-electron chi connectivity index (χ1n) is 10.4. The predicted octanol–water partition coefficient (Wildman–Crippen LogP) is 0.635. The first-order valence-corrected chi connectivity index (χ1v) is 10.4. The second-order valence-electron chi connectivity index (χ2n) is 8.18. The molecule has 2 amide bonds. The van der Waals surface area contributed by atoms with Crippen molar-refractivity contribution in [1.82, 2.24) is 24.9 Å². The molecule has 0 unspecified atom stereocenters. The third-order valence-electron chi connectivity index (χ3n) is 5.94. The zero-order valence-electron chi connectivity index (χ0n) is 17.2. The average molecular weight is 392 g/mol. The van der Waals surface area contributed by atoms with Gasteiger partial charge in [-0.05, 0) is 39.7 Å². The molecule has 156 valence electrons. The molecule has 1 aliphatic heterocycles. The van der Waals surface area contributed by atoms with E-state index in [0.717, 1.165) is 39.1 Å². The number of hydrogen-bond donors (Lipinski definition) is 2. The van der Waals surface area contributed by atoms with Crippen molar-refractivity contribution in [3.63, 3.8) is 0 Å². The fourth-order valence-corrected chi connectivity index (χ4v) is 4.15. The van der Waals surface area contributed by atoms with Gasteiger partial charge in [-0.25, -0.2) is 0 Å². The maximum absolute atomic E-state index is 12.9. The lowest BCUT2D eigenvalue weighted by atomic mass is 9.82. The van der Waals surface area contributed by atoms with E-state index in [1.54, 1.807) is 10.9 Å². The van der Waals surface area contributed by atoms with Crippen molar-refractivity contribution in [3.05, 3.63) is 17.5 Å². The number of aryl methyl sites for hydroxylation is 2. The van der Waals surface area contributed by atoms with Crippen LogP contribution in [0.4, 0.5) is 0 Å². The molecular weight excluding hydrogens is 358 g/mol. The zero-order chi connectivity index (χ0) is 20.3. The van der Waals surface area contributed by atoms with Gasteiger partial charge in [-0.1, -0.05) is 6.92 Å². The smallest absolute Gasteiger partial charge is 0.255 e. The number of carbonyl (C=O) groups excluding carboxylic acids is 2. The standard InChI is InChI=1S/C20H33N5O3/c1-4-7-25-13-16(14(2)22-25)19(27)21-17-12-15(5-6-18(17)26)20(28)24-10-8-23(3)9-11-24/h13,15,17-18,26H,4-12H2,1-3H3,(H,21,27)/t15-,17+,18+/m0/s1. The lowest BCUT2D eigenvalue weighted by molar-refractivity contribution is -0.139. The first-order chi connectivity index (χ1) is 13.4. The number of aliphatic hydroxyl groups excluding tert-OH is 1. The van der Waals surface area contributed by atoms with Gasteiger partial charge in [0.15, 0.2) is 0 Å². The summed E-state index contributed by atoms with van der Waals surface area (Å²) in [5.41, 5.74) is 1.22. The van der Waals surface area contributed by atoms with Crippen LogP contribution in [0.15, 0.2) is 6.20 Å². The number of aliphatic hydroxyl groups is 1. The normalized spacial score (nSPS) is 26.3. The summed E-state index contributed by atoms with van der Waals surface area (Å²) in [6.45, 7) is 7.93. The summed E-state index contributed by atoms with van der Waals surface area (Å²) in [7, 11) is 2.06. The van der Waals surface area contributed by atoms with E-state index in [4.69, 9.17) is 0 Å². The molecule has 1 aromatic heterocycles. The van der Waals surface area contributed by atoms with E-state index >= 15 is 0 Å². The van der Waals surface area contributed by atoms with Crippen LogP contribution in [0.1, 0.15) is 48.7 Å². The Kier molecular flexibility index (Phi) is 6.72. The van der Waals surface area contributed by atoms with Gasteiger partial charge in [0.05, 0.1) is 23.4 Å². The molecule has 0 aromatic carbocycles. The lowest BCUT2D eigenvalue weighted by Crippen LogP contribution is -2.53. The van der Waals surface area contributed by atoms with Crippen molar-refractivity contribution in [2.24, 2.45) is 5.92 Å². The highest BCUT2D eigenvalue weighted by atomic mass is 16.3. The molecule has 0 radical (unpaired) electrons. The number of rotatable bonds is 5. The predicted molar refractivity (Wildman–Crippen MR) is 106 cm³/mol. The molecule has 3 rings (SSSR count). The van der Waals surface area contributed by atoms with Crippen LogP contribution in [0, 0.1) is 12.8 Å². The molecule has 2 N–H and O–H groups in total. The second kappa shape index (κ2) is 9.05. The molecule has 3 atom stereocenters. The van der Waals surface area contributed by atoms with Crippen molar-refractivity contribution in [1.29, 1.82) is 0 Å². The fraction of sp³-hybridized carbons (Fsp3) is 0.750. The van der Waals surface area contributed by atoms with Crippen LogP contribution in [-0.2, 0) is 11.3 Å². The molecule has 28 heavy (non-hydrogen) atoms. The number of aromatic nitrogens is 2. The van der Waals surface area contributed by atoms with Gasteiger partial charge in [-0.15, -0.1) is 0 Å². The van der Waals surface area contributed by atoms with E-state index < -0.39 is 12.1 Å². The molecule has 1 aromatic rings. The number of hydrogen-bond acceptors (Lipinski definition) is 5. The van der Waals surface area contributed by atoms with Gasteiger partial charge in [0.25, 0.3) is 5.91 Å². The Morgan fingerprint density at radius 1 is 1.25 bits per heavy atom. The van der Waals surface area contributed by atoms with Crippen molar-refractivity contribution >= 4 is 11.8 Å². The molecule has 2 heterocycles. The Hall–Kier alpha value is -1.93. The van der Waals surface area contributed by atoms with E-state index in [0.29, 0.717) is 30.5 Å². The number of nitrogens with zero attached hydrogens (tertiary/aromatic N) is 4. The van der Waals surface area contributed by atoms with E-state index in [9.17, 15) is 14.7 Å². The summed E-state index contributed by atoms with van der Waals surface area (Å²) in [6.07, 6.45) is 3.78. The molecule has 8 nitrogen and oxygen atoms in total. The molecule has 8 heteroatoms. The zero-order valence-corrected chi connectivity index (χ0v) is 17.2. The Morgan fingerprint density at radius 3 is 2.64 bits per heavy atom. The van der Waals surface area contributed by atoms with Crippen molar-refractivity contribution in [2.45, 2.75) is 58.2 Å². The second-order valence-corrected chi connectivity index (χ2v) is 8.18. The Labute approximate surface area is 166 Å². The summed E-state index contributed by atoms with van der Waals surface area (Å²) in [5.74, 6) is -0.205. The molecule has 1 aliphatic carbocycles. The van der Waals surface area contributed by atoms with Crippen molar-refractivity contribution in [2.75, 3.05) is 33.2 Å².